The van der Waals surface area contributed by atoms with Gasteiger partial charge in [0.1, 0.15) is 24.3 Å². The Hall–Kier alpha value is -3.36. The van der Waals surface area contributed by atoms with Gasteiger partial charge in [0.2, 0.25) is 5.91 Å². The van der Waals surface area contributed by atoms with Crippen LogP contribution in [0.15, 0.2) is 36.4 Å². The number of ether oxygens (including phenoxy) is 2. The Kier molecular flexibility index (Phi) is 8.47. The fourth-order valence-corrected chi connectivity index (χ4v) is 5.71. The average Bonchev–Trinajstić information content (AvgIpc) is 3.33. The number of nitrogens with one attached hydrogen (secondary N) is 1. The molecule has 2 aliphatic heterocycles. The fraction of sp³-hybridized carbons (Fsp3) is 0.517. The molecule has 1 N–H and O–H groups in total. The molecule has 2 fully saturated rings. The maximum Gasteiger partial charge on any atom is 0.417 e. The van der Waals surface area contributed by atoms with E-state index in [1.54, 1.807) is 12.1 Å². The molecule has 40 heavy (non-hydrogen) atoms. The second kappa shape index (κ2) is 12.0. The van der Waals surface area contributed by atoms with Gasteiger partial charge in [-0.1, -0.05) is 0 Å². The summed E-state index contributed by atoms with van der Waals surface area (Å²) in [5.74, 6) is 0.442. The first-order chi connectivity index (χ1) is 19.2. The third-order valence-corrected chi connectivity index (χ3v) is 7.88. The van der Waals surface area contributed by atoms with Crippen molar-refractivity contribution in [3.8, 4) is 11.8 Å². The molecule has 0 radical (unpaired) electrons. The largest absolute Gasteiger partial charge is 0.488 e. The summed E-state index contributed by atoms with van der Waals surface area (Å²) < 4.78 is 65.0. The van der Waals surface area contributed by atoms with Crippen molar-refractivity contribution in [2.75, 3.05) is 44.6 Å². The van der Waals surface area contributed by atoms with Gasteiger partial charge in [0.05, 0.1) is 23.3 Å². The van der Waals surface area contributed by atoms with Gasteiger partial charge >= 0.3 is 6.18 Å². The molecular weight excluding hydrogens is 528 g/mol. The Morgan fingerprint density at radius 2 is 1.82 bits per heavy atom. The smallest absolute Gasteiger partial charge is 0.417 e. The van der Waals surface area contributed by atoms with Gasteiger partial charge in [-0.2, -0.15) is 18.4 Å². The minimum absolute atomic E-state index is 0.00619. The highest BCUT2D eigenvalue weighted by molar-refractivity contribution is 5.77. The standard InChI is InChI=1S/C29H32F4N4O3/c30-21-2-8-27-20(13-21)14-25(40-27)17-36-9-11-37(12-10-36)28(38)18-39-24-6-4-22(5-7-24)35-23-3-1-19(16-34)26(15-23)29(31,32)33/h1-3,8,13,15,22,24-25,35H,4-7,9-12,14,17-18H2/t22-,24-,25?. The topological polar surface area (TPSA) is 77.8 Å². The zero-order valence-corrected chi connectivity index (χ0v) is 22.1. The lowest BCUT2D eigenvalue weighted by Crippen LogP contribution is -2.51. The zero-order chi connectivity index (χ0) is 28.3. The van der Waals surface area contributed by atoms with E-state index in [-0.39, 0.29) is 36.6 Å². The fourth-order valence-electron chi connectivity index (χ4n) is 5.71. The number of rotatable bonds is 7. The van der Waals surface area contributed by atoms with E-state index in [0.29, 0.717) is 50.9 Å². The third-order valence-electron chi connectivity index (χ3n) is 7.88. The van der Waals surface area contributed by atoms with Crippen molar-refractivity contribution in [1.29, 1.82) is 5.26 Å². The maximum absolute atomic E-state index is 13.5. The Labute approximate surface area is 230 Å². The number of fused-ring (bicyclic) bond motifs is 1. The Balaban J connectivity index is 0.998. The minimum atomic E-state index is -4.59. The molecule has 2 aromatic carbocycles. The molecule has 5 rings (SSSR count). The molecule has 0 aromatic heterocycles. The number of nitrogens with zero attached hydrogens (tertiary/aromatic N) is 3. The van der Waals surface area contributed by atoms with Gasteiger partial charge in [0.25, 0.3) is 0 Å². The normalized spacial score (nSPS) is 23.3. The van der Waals surface area contributed by atoms with Gasteiger partial charge in [-0.3, -0.25) is 9.69 Å². The van der Waals surface area contributed by atoms with E-state index in [1.807, 2.05) is 4.90 Å². The lowest BCUT2D eigenvalue weighted by atomic mass is 9.92. The molecular formula is C29H32F4N4O3. The van der Waals surface area contributed by atoms with Crippen LogP contribution < -0.4 is 10.1 Å². The Morgan fingerprint density at radius 1 is 1.07 bits per heavy atom. The van der Waals surface area contributed by atoms with Crippen LogP contribution in [0.5, 0.6) is 5.75 Å². The highest BCUT2D eigenvalue weighted by Crippen LogP contribution is 2.34. The molecule has 1 unspecified atom stereocenters. The van der Waals surface area contributed by atoms with Crippen LogP contribution in [0.2, 0.25) is 0 Å². The zero-order valence-electron chi connectivity index (χ0n) is 22.1. The van der Waals surface area contributed by atoms with Crippen molar-refractivity contribution in [1.82, 2.24) is 9.80 Å². The van der Waals surface area contributed by atoms with Crippen molar-refractivity contribution in [3.05, 3.63) is 58.9 Å². The maximum atomic E-state index is 13.5. The second-order valence-corrected chi connectivity index (χ2v) is 10.7. The monoisotopic (exact) mass is 560 g/mol. The Morgan fingerprint density at radius 3 is 2.52 bits per heavy atom. The van der Waals surface area contributed by atoms with Crippen molar-refractivity contribution < 1.29 is 31.8 Å². The summed E-state index contributed by atoms with van der Waals surface area (Å²) in [7, 11) is 0. The van der Waals surface area contributed by atoms with Crippen LogP contribution in [0.25, 0.3) is 0 Å². The van der Waals surface area contributed by atoms with Crippen LogP contribution >= 0.6 is 0 Å². The number of amides is 1. The molecule has 1 aliphatic carbocycles. The molecule has 3 aliphatic rings. The highest BCUT2D eigenvalue weighted by Gasteiger charge is 2.34. The van der Waals surface area contributed by atoms with Crippen molar-refractivity contribution >= 4 is 11.6 Å². The van der Waals surface area contributed by atoms with Gasteiger partial charge in [0.15, 0.2) is 0 Å². The summed E-state index contributed by atoms with van der Waals surface area (Å²) in [5.41, 5.74) is -0.105. The van der Waals surface area contributed by atoms with E-state index >= 15 is 0 Å². The number of halogens is 4. The van der Waals surface area contributed by atoms with Crippen LogP contribution in [-0.4, -0.2) is 73.3 Å². The van der Waals surface area contributed by atoms with Crippen molar-refractivity contribution in [2.24, 2.45) is 0 Å². The number of carbonyl (C=O) groups is 1. The molecule has 1 atom stereocenters. The van der Waals surface area contributed by atoms with Crippen LogP contribution in [-0.2, 0) is 22.1 Å². The van der Waals surface area contributed by atoms with Crippen molar-refractivity contribution in [2.45, 2.75) is 56.5 Å². The molecule has 1 saturated heterocycles. The van der Waals surface area contributed by atoms with Crippen LogP contribution in [0, 0.1) is 17.1 Å². The van der Waals surface area contributed by atoms with E-state index in [4.69, 9.17) is 14.7 Å². The third kappa shape index (κ3) is 6.85. The molecule has 214 valence electrons. The van der Waals surface area contributed by atoms with E-state index in [9.17, 15) is 22.4 Å². The van der Waals surface area contributed by atoms with Gasteiger partial charge in [-0.05, 0) is 62.1 Å². The summed E-state index contributed by atoms with van der Waals surface area (Å²) in [5, 5.41) is 12.1. The lowest BCUT2D eigenvalue weighted by Gasteiger charge is -2.36. The predicted molar refractivity (Wildman–Crippen MR) is 139 cm³/mol. The van der Waals surface area contributed by atoms with Gasteiger partial charge in [-0.25, -0.2) is 4.39 Å². The number of anilines is 1. The quantitative estimate of drug-likeness (QED) is 0.499. The van der Waals surface area contributed by atoms with Crippen LogP contribution in [0.3, 0.4) is 0 Å². The van der Waals surface area contributed by atoms with Crippen LogP contribution in [0.1, 0.15) is 42.4 Å². The second-order valence-electron chi connectivity index (χ2n) is 10.7. The molecule has 11 heteroatoms. The summed E-state index contributed by atoms with van der Waals surface area (Å²) in [6, 6.07) is 9.86. The van der Waals surface area contributed by atoms with E-state index in [1.165, 1.54) is 24.3 Å². The summed E-state index contributed by atoms with van der Waals surface area (Å²) >= 11 is 0. The molecule has 0 bridgehead atoms. The predicted octanol–water partition coefficient (Wildman–Crippen LogP) is 4.60. The minimum Gasteiger partial charge on any atom is -0.488 e. The molecule has 2 aromatic rings. The number of hydrogen-bond donors (Lipinski definition) is 1. The molecule has 2 heterocycles. The Bertz CT molecular complexity index is 1250. The highest BCUT2D eigenvalue weighted by atomic mass is 19.4. The average molecular weight is 561 g/mol. The molecule has 1 amide bonds. The SMILES string of the molecule is N#Cc1ccc(N[C@H]2CC[C@H](OCC(=O)N3CCN(CC4Cc5cc(F)ccc5O4)CC3)CC2)cc1C(F)(F)F. The first-order valence-electron chi connectivity index (χ1n) is 13.6. The molecule has 1 saturated carbocycles. The first-order valence-corrected chi connectivity index (χ1v) is 13.6. The van der Waals surface area contributed by atoms with E-state index < -0.39 is 17.3 Å². The first kappa shape index (κ1) is 28.2. The van der Waals surface area contributed by atoms with Crippen LogP contribution in [0.4, 0.5) is 23.2 Å². The van der Waals surface area contributed by atoms with Crippen molar-refractivity contribution in [3.63, 3.8) is 0 Å². The number of hydrogen-bond acceptors (Lipinski definition) is 6. The molecule has 0 spiro atoms. The number of benzene rings is 2. The number of nitriles is 1. The van der Waals surface area contributed by atoms with Gasteiger partial charge < -0.3 is 19.7 Å². The van der Waals surface area contributed by atoms with Gasteiger partial charge in [-0.15, -0.1) is 0 Å². The van der Waals surface area contributed by atoms with E-state index in [2.05, 4.69) is 10.2 Å². The summed E-state index contributed by atoms with van der Waals surface area (Å²) in [4.78, 5) is 16.8. The molecule has 7 nitrogen and oxygen atoms in total. The number of alkyl halides is 3. The van der Waals surface area contributed by atoms with E-state index in [0.717, 1.165) is 37.0 Å². The summed E-state index contributed by atoms with van der Waals surface area (Å²) in [6.45, 7) is 3.43. The summed E-state index contributed by atoms with van der Waals surface area (Å²) in [6.07, 6.45) is -1.18. The van der Waals surface area contributed by atoms with Gasteiger partial charge in [0, 0.05) is 56.4 Å². The number of piperazine rings is 1. The number of carbonyl (C=O) groups excluding carboxylic acids is 1. The lowest BCUT2D eigenvalue weighted by molar-refractivity contribution is -0.140.